The Morgan fingerprint density at radius 2 is 1.96 bits per heavy atom. The van der Waals surface area contributed by atoms with Crippen molar-refractivity contribution in [2.45, 2.75) is 6.18 Å². The fourth-order valence-electron chi connectivity index (χ4n) is 1.82. The number of carbonyl (C=O) groups is 1. The molecule has 2 heterocycles. The zero-order valence-corrected chi connectivity index (χ0v) is 15.8. The maximum absolute atomic E-state index is 12.5. The Labute approximate surface area is 165 Å². The van der Waals surface area contributed by atoms with Crippen LogP contribution in [-0.4, -0.2) is 59.2 Å². The van der Waals surface area contributed by atoms with Crippen LogP contribution in [0.5, 0.6) is 0 Å². The number of nitrogens with zero attached hydrogens (tertiary/aromatic N) is 4. The molecule has 13 heteroatoms. The molecule has 0 radical (unpaired) electrons. The van der Waals surface area contributed by atoms with Crippen molar-refractivity contribution in [2.75, 3.05) is 33.4 Å². The number of nitrogens with one attached hydrogen (secondary N) is 2. The number of alkyl halides is 3. The standard InChI is InChI=1S/C14H17F3N6O2.2ClH/c1-25-7-6-18-4-5-19-13(24)11-9-23(22-21-11)12-3-2-10(8-20-12)14(15,16)17;;/h2-3,8-9,18H,4-7H2,1H3,(H,19,24);2*1H. The van der Waals surface area contributed by atoms with Crippen molar-refractivity contribution in [2.24, 2.45) is 0 Å². The van der Waals surface area contributed by atoms with Crippen LogP contribution < -0.4 is 10.6 Å². The average Bonchev–Trinajstić information content (AvgIpc) is 3.07. The Balaban J connectivity index is 0.00000338. The van der Waals surface area contributed by atoms with Crippen molar-refractivity contribution in [3.05, 3.63) is 35.8 Å². The van der Waals surface area contributed by atoms with E-state index in [4.69, 9.17) is 4.74 Å². The van der Waals surface area contributed by atoms with Crippen LogP contribution in [0, 0.1) is 0 Å². The summed E-state index contributed by atoms with van der Waals surface area (Å²) in [5.74, 6) is -0.313. The summed E-state index contributed by atoms with van der Waals surface area (Å²) in [5, 5.41) is 13.1. The van der Waals surface area contributed by atoms with Gasteiger partial charge in [-0.1, -0.05) is 5.21 Å². The Hall–Kier alpha value is -1.95. The molecule has 2 aromatic heterocycles. The number of rotatable bonds is 8. The predicted molar refractivity (Wildman–Crippen MR) is 95.7 cm³/mol. The highest BCUT2D eigenvalue weighted by atomic mass is 35.5. The molecule has 0 bridgehead atoms. The zero-order valence-electron chi connectivity index (χ0n) is 14.2. The number of hydrogen-bond donors (Lipinski definition) is 2. The number of ether oxygens (including phenoxy) is 1. The molecule has 2 N–H and O–H groups in total. The molecule has 8 nitrogen and oxygen atoms in total. The van der Waals surface area contributed by atoms with Crippen LogP contribution in [-0.2, 0) is 10.9 Å². The van der Waals surface area contributed by atoms with E-state index < -0.39 is 17.6 Å². The van der Waals surface area contributed by atoms with Crippen molar-refractivity contribution in [3.63, 3.8) is 0 Å². The second-order valence-corrected chi connectivity index (χ2v) is 4.95. The molecule has 0 atom stereocenters. The molecule has 0 saturated heterocycles. The average molecular weight is 431 g/mol. The molecule has 1 amide bonds. The summed E-state index contributed by atoms with van der Waals surface area (Å²) in [4.78, 5) is 15.6. The summed E-state index contributed by atoms with van der Waals surface area (Å²) in [6.07, 6.45) is -2.47. The second-order valence-electron chi connectivity index (χ2n) is 4.95. The van der Waals surface area contributed by atoms with E-state index in [1.54, 1.807) is 7.11 Å². The van der Waals surface area contributed by atoms with E-state index in [0.29, 0.717) is 32.4 Å². The molecule has 2 rings (SSSR count). The van der Waals surface area contributed by atoms with Gasteiger partial charge in [-0.3, -0.25) is 4.79 Å². The smallest absolute Gasteiger partial charge is 0.383 e. The summed E-state index contributed by atoms with van der Waals surface area (Å²) in [5.41, 5.74) is -0.825. The first kappa shape index (κ1) is 25.1. The summed E-state index contributed by atoms with van der Waals surface area (Å²) < 4.78 is 43.5. The fraction of sp³-hybridized carbons (Fsp3) is 0.429. The molecule has 27 heavy (non-hydrogen) atoms. The summed E-state index contributed by atoms with van der Waals surface area (Å²) >= 11 is 0. The van der Waals surface area contributed by atoms with Gasteiger partial charge in [0.2, 0.25) is 0 Å². The minimum atomic E-state index is -4.46. The molecule has 0 aliphatic carbocycles. The van der Waals surface area contributed by atoms with E-state index in [2.05, 4.69) is 25.9 Å². The predicted octanol–water partition coefficient (Wildman–Crippen LogP) is 1.49. The highest BCUT2D eigenvalue weighted by Crippen LogP contribution is 2.28. The molecule has 0 aliphatic heterocycles. The number of pyridine rings is 1. The molecular weight excluding hydrogens is 412 g/mol. The molecule has 2 aromatic rings. The molecule has 0 aliphatic rings. The molecule has 0 fully saturated rings. The lowest BCUT2D eigenvalue weighted by atomic mass is 10.3. The maximum atomic E-state index is 12.5. The normalized spacial score (nSPS) is 10.7. The largest absolute Gasteiger partial charge is 0.417 e. The minimum absolute atomic E-state index is 0. The van der Waals surface area contributed by atoms with Crippen LogP contribution in [0.4, 0.5) is 13.2 Å². The van der Waals surface area contributed by atoms with Gasteiger partial charge < -0.3 is 15.4 Å². The van der Waals surface area contributed by atoms with Crippen LogP contribution in [0.2, 0.25) is 0 Å². The van der Waals surface area contributed by atoms with Gasteiger partial charge in [0.15, 0.2) is 11.5 Å². The van der Waals surface area contributed by atoms with Gasteiger partial charge in [-0.2, -0.15) is 13.2 Å². The van der Waals surface area contributed by atoms with E-state index in [1.165, 1.54) is 6.20 Å². The first-order valence-electron chi connectivity index (χ1n) is 7.35. The van der Waals surface area contributed by atoms with E-state index >= 15 is 0 Å². The van der Waals surface area contributed by atoms with E-state index in [9.17, 15) is 18.0 Å². The zero-order chi connectivity index (χ0) is 18.3. The fourth-order valence-corrected chi connectivity index (χ4v) is 1.82. The first-order chi connectivity index (χ1) is 11.9. The summed E-state index contributed by atoms with van der Waals surface area (Å²) in [7, 11) is 1.60. The van der Waals surface area contributed by atoms with Gasteiger partial charge in [-0.25, -0.2) is 9.67 Å². The van der Waals surface area contributed by atoms with Crippen LogP contribution in [0.25, 0.3) is 5.82 Å². The molecular formula is C14H19Cl2F3N6O2. The van der Waals surface area contributed by atoms with Crippen LogP contribution >= 0.6 is 24.8 Å². The Kier molecular flexibility index (Phi) is 10.9. The van der Waals surface area contributed by atoms with E-state index in [0.717, 1.165) is 16.8 Å². The Bertz CT molecular complexity index is 697. The highest BCUT2D eigenvalue weighted by Gasteiger charge is 2.30. The number of amides is 1. The SMILES string of the molecule is COCCNCCNC(=O)c1cn(-c2ccc(C(F)(F)F)cn2)nn1.Cl.Cl. The third-order valence-corrected chi connectivity index (χ3v) is 3.11. The van der Waals surface area contributed by atoms with Gasteiger partial charge >= 0.3 is 6.18 Å². The Morgan fingerprint density at radius 1 is 1.22 bits per heavy atom. The first-order valence-corrected chi connectivity index (χ1v) is 7.35. The lowest BCUT2D eigenvalue weighted by molar-refractivity contribution is -0.137. The van der Waals surface area contributed by atoms with Crippen molar-refractivity contribution in [1.82, 2.24) is 30.6 Å². The van der Waals surface area contributed by atoms with Gasteiger partial charge in [-0.15, -0.1) is 29.9 Å². The third-order valence-electron chi connectivity index (χ3n) is 3.11. The molecule has 0 spiro atoms. The monoisotopic (exact) mass is 430 g/mol. The van der Waals surface area contributed by atoms with Gasteiger partial charge in [0.1, 0.15) is 0 Å². The van der Waals surface area contributed by atoms with Crippen molar-refractivity contribution in [3.8, 4) is 5.82 Å². The third kappa shape index (κ3) is 7.67. The van der Waals surface area contributed by atoms with Gasteiger partial charge in [0.25, 0.3) is 5.91 Å². The number of hydrogen-bond acceptors (Lipinski definition) is 6. The van der Waals surface area contributed by atoms with Crippen LogP contribution in [0.3, 0.4) is 0 Å². The molecule has 0 saturated carbocycles. The lowest BCUT2D eigenvalue weighted by Gasteiger charge is -2.06. The van der Waals surface area contributed by atoms with Crippen molar-refractivity contribution >= 4 is 30.7 Å². The number of halogens is 5. The highest BCUT2D eigenvalue weighted by molar-refractivity contribution is 5.91. The van der Waals surface area contributed by atoms with E-state index in [1.807, 2.05) is 0 Å². The summed E-state index contributed by atoms with van der Waals surface area (Å²) in [6, 6.07) is 2.04. The van der Waals surface area contributed by atoms with Crippen LogP contribution in [0.1, 0.15) is 16.1 Å². The summed E-state index contributed by atoms with van der Waals surface area (Å²) in [6.45, 7) is 2.18. The van der Waals surface area contributed by atoms with E-state index in [-0.39, 0.29) is 36.3 Å². The van der Waals surface area contributed by atoms with Gasteiger partial charge in [0.05, 0.1) is 18.4 Å². The number of aromatic nitrogens is 4. The number of methoxy groups -OCH3 is 1. The molecule has 152 valence electrons. The Morgan fingerprint density at radius 3 is 2.56 bits per heavy atom. The quantitative estimate of drug-likeness (QED) is 0.616. The second kappa shape index (κ2) is 11.7. The minimum Gasteiger partial charge on any atom is -0.383 e. The number of carbonyl (C=O) groups excluding carboxylic acids is 1. The maximum Gasteiger partial charge on any atom is 0.417 e. The topological polar surface area (TPSA) is 94.0 Å². The van der Waals surface area contributed by atoms with Gasteiger partial charge in [-0.05, 0) is 12.1 Å². The lowest BCUT2D eigenvalue weighted by Crippen LogP contribution is -2.33. The van der Waals surface area contributed by atoms with Crippen molar-refractivity contribution < 1.29 is 22.7 Å². The molecule has 0 unspecified atom stereocenters. The van der Waals surface area contributed by atoms with Crippen LogP contribution in [0.15, 0.2) is 24.5 Å². The van der Waals surface area contributed by atoms with Gasteiger partial charge in [0, 0.05) is 32.9 Å². The molecule has 0 aromatic carbocycles. The van der Waals surface area contributed by atoms with Crippen molar-refractivity contribution in [1.29, 1.82) is 0 Å².